The molecule has 1 aliphatic carbocycles. The third-order valence-electron chi connectivity index (χ3n) is 5.60. The Morgan fingerprint density at radius 2 is 1.86 bits per heavy atom. The van der Waals surface area contributed by atoms with Gasteiger partial charge in [-0.2, -0.15) is 0 Å². The molecule has 0 bridgehead atoms. The highest BCUT2D eigenvalue weighted by atomic mass is 16.2. The zero-order valence-corrected chi connectivity index (χ0v) is 14.2. The average molecular weight is 295 g/mol. The van der Waals surface area contributed by atoms with Crippen LogP contribution in [0, 0.1) is 0 Å². The number of amides is 1. The molecule has 0 unspecified atom stereocenters. The highest BCUT2D eigenvalue weighted by molar-refractivity contribution is 5.78. The Kier molecular flexibility index (Phi) is 6.06. The average Bonchev–Trinajstić information content (AvgIpc) is 2.52. The summed E-state index contributed by atoms with van der Waals surface area (Å²) in [7, 11) is 2.04. The fourth-order valence-corrected chi connectivity index (χ4v) is 3.77. The Bertz CT molecular complexity index is 331. The van der Waals surface area contributed by atoms with Gasteiger partial charge in [0.15, 0.2) is 0 Å². The number of rotatable bonds is 5. The summed E-state index contributed by atoms with van der Waals surface area (Å²) in [5, 5.41) is 3.42. The number of hydrogen-bond acceptors (Lipinski definition) is 3. The van der Waals surface area contributed by atoms with Crippen LogP contribution in [0.5, 0.6) is 0 Å². The first-order valence-electron chi connectivity index (χ1n) is 8.79. The number of likely N-dealkylation sites (tertiary alicyclic amines) is 1. The Balaban J connectivity index is 1.82. The van der Waals surface area contributed by atoms with E-state index in [0.717, 1.165) is 32.5 Å². The molecule has 21 heavy (non-hydrogen) atoms. The molecule has 4 heteroatoms. The van der Waals surface area contributed by atoms with Crippen LogP contribution in [0.15, 0.2) is 0 Å². The largest absolute Gasteiger partial charge is 0.339 e. The minimum atomic E-state index is 0.257. The number of likely N-dealkylation sites (N-methyl/N-ethyl adjacent to an activating group) is 1. The van der Waals surface area contributed by atoms with E-state index in [1.54, 1.807) is 0 Å². The van der Waals surface area contributed by atoms with Crippen LogP contribution in [-0.2, 0) is 4.79 Å². The molecule has 1 saturated carbocycles. The van der Waals surface area contributed by atoms with Gasteiger partial charge in [-0.25, -0.2) is 0 Å². The zero-order valence-electron chi connectivity index (χ0n) is 14.2. The second kappa shape index (κ2) is 7.59. The second-order valence-electron chi connectivity index (χ2n) is 7.06. The third-order valence-corrected chi connectivity index (χ3v) is 5.60. The van der Waals surface area contributed by atoms with Crippen LogP contribution in [0.3, 0.4) is 0 Å². The van der Waals surface area contributed by atoms with Crippen molar-refractivity contribution in [2.75, 3.05) is 33.2 Å². The molecule has 0 aromatic carbocycles. The molecule has 0 aromatic rings. The van der Waals surface area contributed by atoms with E-state index in [2.05, 4.69) is 29.0 Å². The van der Waals surface area contributed by atoms with Crippen LogP contribution < -0.4 is 5.32 Å². The molecule has 1 aliphatic heterocycles. The Morgan fingerprint density at radius 1 is 1.24 bits per heavy atom. The first kappa shape index (κ1) is 16.8. The lowest BCUT2D eigenvalue weighted by Gasteiger charge is -2.40. The molecular formula is C17H33N3O. The summed E-state index contributed by atoms with van der Waals surface area (Å²) in [6, 6.07) is 0.503. The van der Waals surface area contributed by atoms with Crippen molar-refractivity contribution in [3.8, 4) is 0 Å². The number of hydrogen-bond donors (Lipinski definition) is 1. The SMILES string of the molecule is CCN(C(=O)CN1CCC(C)(NC)CC1)C1CCCCC1. The Labute approximate surface area is 130 Å². The molecule has 0 radical (unpaired) electrons. The van der Waals surface area contributed by atoms with Gasteiger partial charge >= 0.3 is 0 Å². The maximum atomic E-state index is 12.6. The molecule has 1 heterocycles. The lowest BCUT2D eigenvalue weighted by Crippen LogP contribution is -2.53. The molecule has 0 atom stereocenters. The van der Waals surface area contributed by atoms with Crippen molar-refractivity contribution in [2.24, 2.45) is 0 Å². The number of nitrogens with zero attached hydrogens (tertiary/aromatic N) is 2. The fourth-order valence-electron chi connectivity index (χ4n) is 3.77. The molecule has 0 aromatic heterocycles. The van der Waals surface area contributed by atoms with Gasteiger partial charge in [-0.1, -0.05) is 19.3 Å². The highest BCUT2D eigenvalue weighted by Crippen LogP contribution is 2.24. The van der Waals surface area contributed by atoms with E-state index in [-0.39, 0.29) is 5.54 Å². The van der Waals surface area contributed by atoms with Crippen LogP contribution >= 0.6 is 0 Å². The van der Waals surface area contributed by atoms with Gasteiger partial charge in [0.05, 0.1) is 6.54 Å². The standard InChI is InChI=1S/C17H33N3O/c1-4-20(15-8-6-5-7-9-15)16(21)14-19-12-10-17(2,18-3)11-13-19/h15,18H,4-14H2,1-3H3. The minimum Gasteiger partial charge on any atom is -0.339 e. The first-order chi connectivity index (χ1) is 10.1. The topological polar surface area (TPSA) is 35.6 Å². The summed E-state index contributed by atoms with van der Waals surface area (Å²) in [5.74, 6) is 0.345. The summed E-state index contributed by atoms with van der Waals surface area (Å²) < 4.78 is 0. The summed E-state index contributed by atoms with van der Waals surface area (Å²) in [4.78, 5) is 17.1. The van der Waals surface area contributed by atoms with E-state index in [9.17, 15) is 4.79 Å². The lowest BCUT2D eigenvalue weighted by atomic mass is 9.90. The van der Waals surface area contributed by atoms with Gasteiger partial charge in [0, 0.05) is 31.2 Å². The zero-order chi connectivity index (χ0) is 15.3. The van der Waals surface area contributed by atoms with Crippen LogP contribution in [0.4, 0.5) is 0 Å². The summed E-state index contributed by atoms with van der Waals surface area (Å²) in [5.41, 5.74) is 0.257. The van der Waals surface area contributed by atoms with E-state index >= 15 is 0 Å². The number of nitrogens with one attached hydrogen (secondary N) is 1. The Morgan fingerprint density at radius 3 is 2.38 bits per heavy atom. The van der Waals surface area contributed by atoms with Crippen molar-refractivity contribution in [2.45, 2.75) is 70.4 Å². The van der Waals surface area contributed by atoms with E-state index in [4.69, 9.17) is 0 Å². The van der Waals surface area contributed by atoms with E-state index in [1.165, 1.54) is 32.1 Å². The molecule has 2 aliphatic rings. The highest BCUT2D eigenvalue weighted by Gasteiger charge is 2.31. The maximum Gasteiger partial charge on any atom is 0.236 e. The van der Waals surface area contributed by atoms with Crippen LogP contribution in [0.25, 0.3) is 0 Å². The number of carbonyl (C=O) groups is 1. The van der Waals surface area contributed by atoms with Gasteiger partial charge in [0.2, 0.25) is 5.91 Å². The molecule has 1 saturated heterocycles. The van der Waals surface area contributed by atoms with Gasteiger partial charge < -0.3 is 10.2 Å². The number of carbonyl (C=O) groups excluding carboxylic acids is 1. The summed E-state index contributed by atoms with van der Waals surface area (Å²) in [6.07, 6.45) is 8.60. The van der Waals surface area contributed by atoms with Crippen LogP contribution in [-0.4, -0.2) is 60.5 Å². The molecule has 0 spiro atoms. The van der Waals surface area contributed by atoms with Crippen LogP contribution in [0.1, 0.15) is 58.8 Å². The van der Waals surface area contributed by atoms with E-state index in [0.29, 0.717) is 18.5 Å². The predicted octanol–water partition coefficient (Wildman–Crippen LogP) is 2.24. The monoisotopic (exact) mass is 295 g/mol. The molecule has 4 nitrogen and oxygen atoms in total. The molecule has 1 amide bonds. The van der Waals surface area contributed by atoms with Crippen molar-refractivity contribution >= 4 is 5.91 Å². The molecular weight excluding hydrogens is 262 g/mol. The second-order valence-corrected chi connectivity index (χ2v) is 7.06. The van der Waals surface area contributed by atoms with Crippen molar-refractivity contribution in [1.82, 2.24) is 15.1 Å². The lowest BCUT2D eigenvalue weighted by molar-refractivity contribution is -0.135. The molecule has 1 N–H and O–H groups in total. The fraction of sp³-hybridized carbons (Fsp3) is 0.941. The van der Waals surface area contributed by atoms with E-state index < -0.39 is 0 Å². The predicted molar refractivity (Wildman–Crippen MR) is 87.4 cm³/mol. The first-order valence-corrected chi connectivity index (χ1v) is 8.79. The van der Waals surface area contributed by atoms with Gasteiger partial charge in [-0.05, 0) is 46.6 Å². The van der Waals surface area contributed by atoms with Crippen molar-refractivity contribution in [1.29, 1.82) is 0 Å². The quantitative estimate of drug-likeness (QED) is 0.845. The maximum absolute atomic E-state index is 12.6. The van der Waals surface area contributed by atoms with Crippen LogP contribution in [0.2, 0.25) is 0 Å². The van der Waals surface area contributed by atoms with Crippen molar-refractivity contribution in [3.05, 3.63) is 0 Å². The van der Waals surface area contributed by atoms with Crippen molar-refractivity contribution in [3.63, 3.8) is 0 Å². The Hall–Kier alpha value is -0.610. The van der Waals surface area contributed by atoms with Gasteiger partial charge in [-0.15, -0.1) is 0 Å². The smallest absolute Gasteiger partial charge is 0.236 e. The summed E-state index contributed by atoms with van der Waals surface area (Å²) in [6.45, 7) is 7.96. The minimum absolute atomic E-state index is 0.257. The number of piperidine rings is 1. The van der Waals surface area contributed by atoms with E-state index in [1.807, 2.05) is 7.05 Å². The van der Waals surface area contributed by atoms with Gasteiger partial charge in [0.25, 0.3) is 0 Å². The van der Waals surface area contributed by atoms with Gasteiger partial charge in [-0.3, -0.25) is 9.69 Å². The van der Waals surface area contributed by atoms with Crippen molar-refractivity contribution < 1.29 is 4.79 Å². The van der Waals surface area contributed by atoms with Gasteiger partial charge in [0.1, 0.15) is 0 Å². The summed E-state index contributed by atoms with van der Waals surface area (Å²) >= 11 is 0. The third kappa shape index (κ3) is 4.43. The normalized spacial score (nSPS) is 24.0. The molecule has 2 rings (SSSR count). The molecule has 122 valence electrons. The molecule has 2 fully saturated rings.